The Hall–Kier alpha value is -5.80. The van der Waals surface area contributed by atoms with Crippen LogP contribution in [0.4, 0.5) is 11.4 Å². The molecule has 1 aliphatic rings. The predicted octanol–water partition coefficient (Wildman–Crippen LogP) is 7.34. The van der Waals surface area contributed by atoms with Gasteiger partial charge in [0.15, 0.2) is 11.5 Å². The first-order valence-electron chi connectivity index (χ1n) is 15.0. The SMILES string of the molecule is O=C(Nc1ccc(SC(C(=O)Nc2ccc3c(c2)OCCO3)c2ccccc2)cc1)/C(=C/c1ccccc1)NC(=O)c1ccccc1. The van der Waals surface area contributed by atoms with Crippen molar-refractivity contribution < 1.29 is 23.9 Å². The number of carbonyl (C=O) groups is 3. The standard InChI is InChI=1S/C38H31N3O5S/c42-36(28-14-8-3-9-15-28)41-32(24-26-10-4-1-5-11-26)37(43)39-29-16-19-31(20-17-29)47-35(27-12-6-2-7-13-27)38(44)40-30-18-21-33-34(25-30)46-23-22-45-33/h1-21,24-25,35H,22-23H2,(H,39,43)(H,40,44)(H,41,42)/b32-24-. The van der Waals surface area contributed by atoms with Crippen molar-refractivity contribution in [1.29, 1.82) is 0 Å². The van der Waals surface area contributed by atoms with E-state index in [0.29, 0.717) is 41.7 Å². The van der Waals surface area contributed by atoms with Gasteiger partial charge in [-0.3, -0.25) is 14.4 Å². The molecule has 6 rings (SSSR count). The topological polar surface area (TPSA) is 106 Å². The number of hydrogen-bond acceptors (Lipinski definition) is 6. The van der Waals surface area contributed by atoms with E-state index in [2.05, 4.69) is 16.0 Å². The minimum absolute atomic E-state index is 0.100. The minimum Gasteiger partial charge on any atom is -0.486 e. The highest BCUT2D eigenvalue weighted by Gasteiger charge is 2.23. The van der Waals surface area contributed by atoms with Crippen LogP contribution in [0, 0.1) is 0 Å². The second-order valence-electron chi connectivity index (χ2n) is 10.5. The maximum Gasteiger partial charge on any atom is 0.272 e. The molecule has 0 spiro atoms. The number of rotatable bonds is 10. The number of thioether (sulfide) groups is 1. The number of nitrogens with one attached hydrogen (secondary N) is 3. The highest BCUT2D eigenvalue weighted by molar-refractivity contribution is 8.00. The van der Waals surface area contributed by atoms with Gasteiger partial charge in [-0.15, -0.1) is 11.8 Å². The molecule has 47 heavy (non-hydrogen) atoms. The number of benzene rings is 5. The predicted molar refractivity (Wildman–Crippen MR) is 185 cm³/mol. The fourth-order valence-electron chi connectivity index (χ4n) is 4.84. The lowest BCUT2D eigenvalue weighted by atomic mass is 10.1. The molecule has 1 unspecified atom stereocenters. The van der Waals surface area contributed by atoms with Crippen molar-refractivity contribution in [2.45, 2.75) is 10.1 Å². The van der Waals surface area contributed by atoms with Crippen LogP contribution < -0.4 is 25.4 Å². The van der Waals surface area contributed by atoms with Crippen molar-refractivity contribution >= 4 is 46.9 Å². The van der Waals surface area contributed by atoms with Gasteiger partial charge in [0, 0.05) is 27.9 Å². The lowest BCUT2D eigenvalue weighted by Crippen LogP contribution is -2.30. The van der Waals surface area contributed by atoms with Crippen LogP contribution in [0.25, 0.3) is 6.08 Å². The number of amides is 3. The molecule has 0 saturated heterocycles. The molecular weight excluding hydrogens is 611 g/mol. The van der Waals surface area contributed by atoms with E-state index < -0.39 is 17.1 Å². The first-order chi connectivity index (χ1) is 23.0. The van der Waals surface area contributed by atoms with Gasteiger partial charge in [0.2, 0.25) is 5.91 Å². The molecule has 0 saturated carbocycles. The third-order valence-corrected chi connectivity index (χ3v) is 8.42. The molecule has 3 N–H and O–H groups in total. The molecule has 3 amide bonds. The zero-order chi connectivity index (χ0) is 32.4. The number of hydrogen-bond donors (Lipinski definition) is 3. The van der Waals surface area contributed by atoms with E-state index in [1.165, 1.54) is 11.8 Å². The van der Waals surface area contributed by atoms with Crippen LogP contribution in [0.5, 0.6) is 11.5 Å². The van der Waals surface area contributed by atoms with Crippen LogP contribution >= 0.6 is 11.8 Å². The van der Waals surface area contributed by atoms with E-state index in [1.807, 2.05) is 78.9 Å². The smallest absolute Gasteiger partial charge is 0.272 e. The molecule has 0 aromatic heterocycles. The number of anilines is 2. The summed E-state index contributed by atoms with van der Waals surface area (Å²) >= 11 is 1.39. The summed E-state index contributed by atoms with van der Waals surface area (Å²) in [6.45, 7) is 0.945. The van der Waals surface area contributed by atoms with Gasteiger partial charge in [0.1, 0.15) is 24.2 Å². The summed E-state index contributed by atoms with van der Waals surface area (Å²) in [6.07, 6.45) is 1.63. The first kappa shape index (κ1) is 31.2. The van der Waals surface area contributed by atoms with Crippen LogP contribution in [-0.2, 0) is 9.59 Å². The number of carbonyl (C=O) groups excluding carboxylic acids is 3. The fraction of sp³-hybridized carbons (Fsp3) is 0.0789. The van der Waals surface area contributed by atoms with Gasteiger partial charge in [-0.25, -0.2) is 0 Å². The normalized spacial score (nSPS) is 12.8. The van der Waals surface area contributed by atoms with Crippen LogP contribution in [-0.4, -0.2) is 30.9 Å². The summed E-state index contributed by atoms with van der Waals surface area (Å²) in [6, 6.07) is 40.1. The highest BCUT2D eigenvalue weighted by Crippen LogP contribution is 2.38. The van der Waals surface area contributed by atoms with Gasteiger partial charge in [-0.1, -0.05) is 78.9 Å². The molecule has 5 aromatic rings. The Morgan fingerprint density at radius 2 is 1.28 bits per heavy atom. The van der Waals surface area contributed by atoms with E-state index in [4.69, 9.17) is 9.47 Å². The van der Waals surface area contributed by atoms with Crippen molar-refractivity contribution in [3.63, 3.8) is 0 Å². The molecule has 1 heterocycles. The van der Waals surface area contributed by atoms with Crippen molar-refractivity contribution in [2.24, 2.45) is 0 Å². The summed E-state index contributed by atoms with van der Waals surface area (Å²) < 4.78 is 11.3. The molecule has 5 aromatic carbocycles. The van der Waals surface area contributed by atoms with Gasteiger partial charge < -0.3 is 25.4 Å². The maximum absolute atomic E-state index is 13.6. The molecule has 1 atom stereocenters. The highest BCUT2D eigenvalue weighted by atomic mass is 32.2. The minimum atomic E-state index is -0.557. The van der Waals surface area contributed by atoms with Gasteiger partial charge >= 0.3 is 0 Å². The van der Waals surface area contributed by atoms with E-state index in [9.17, 15) is 14.4 Å². The lowest BCUT2D eigenvalue weighted by Gasteiger charge is -2.20. The molecule has 8 nitrogen and oxygen atoms in total. The lowest BCUT2D eigenvalue weighted by molar-refractivity contribution is -0.116. The molecule has 0 bridgehead atoms. The Morgan fingerprint density at radius 1 is 0.660 bits per heavy atom. The van der Waals surface area contributed by atoms with Crippen molar-refractivity contribution in [3.8, 4) is 11.5 Å². The van der Waals surface area contributed by atoms with Crippen LogP contribution in [0.1, 0.15) is 26.7 Å². The summed E-state index contributed by atoms with van der Waals surface area (Å²) in [4.78, 5) is 40.8. The Labute approximate surface area is 276 Å². The second-order valence-corrected chi connectivity index (χ2v) is 11.7. The fourth-order valence-corrected chi connectivity index (χ4v) is 5.86. The van der Waals surface area contributed by atoms with Gasteiger partial charge in [0.25, 0.3) is 11.8 Å². The van der Waals surface area contributed by atoms with Gasteiger partial charge in [0.05, 0.1) is 0 Å². The van der Waals surface area contributed by atoms with E-state index >= 15 is 0 Å². The molecule has 0 aliphatic carbocycles. The molecule has 234 valence electrons. The summed E-state index contributed by atoms with van der Waals surface area (Å²) in [5.74, 6) is 0.185. The molecule has 0 radical (unpaired) electrons. The molecule has 0 fully saturated rings. The van der Waals surface area contributed by atoms with Gasteiger partial charge in [-0.2, -0.15) is 0 Å². The quantitative estimate of drug-likeness (QED) is 0.109. The number of ether oxygens (including phenoxy) is 2. The van der Waals surface area contributed by atoms with Gasteiger partial charge in [-0.05, 0) is 65.7 Å². The first-order valence-corrected chi connectivity index (χ1v) is 15.9. The van der Waals surface area contributed by atoms with E-state index in [0.717, 1.165) is 16.0 Å². The second kappa shape index (κ2) is 15.0. The summed E-state index contributed by atoms with van der Waals surface area (Å²) in [5, 5.41) is 8.09. The molecular formula is C38H31N3O5S. The average molecular weight is 642 g/mol. The molecule has 1 aliphatic heterocycles. The Morgan fingerprint density at radius 3 is 1.98 bits per heavy atom. The zero-order valence-corrected chi connectivity index (χ0v) is 26.0. The average Bonchev–Trinajstić information content (AvgIpc) is 3.12. The van der Waals surface area contributed by atoms with Crippen LogP contribution in [0.3, 0.4) is 0 Å². The van der Waals surface area contributed by atoms with E-state index in [1.54, 1.807) is 60.7 Å². The Kier molecular flexibility index (Phi) is 9.95. The van der Waals surface area contributed by atoms with Crippen molar-refractivity contribution in [2.75, 3.05) is 23.8 Å². The Balaban J connectivity index is 1.17. The third-order valence-electron chi connectivity index (χ3n) is 7.16. The summed E-state index contributed by atoms with van der Waals surface area (Å²) in [7, 11) is 0. The Bertz CT molecular complexity index is 1880. The van der Waals surface area contributed by atoms with Crippen molar-refractivity contribution in [1.82, 2.24) is 5.32 Å². The largest absolute Gasteiger partial charge is 0.486 e. The molecule has 9 heteroatoms. The van der Waals surface area contributed by atoms with Crippen LogP contribution in [0.2, 0.25) is 0 Å². The number of fused-ring (bicyclic) bond motifs is 1. The monoisotopic (exact) mass is 641 g/mol. The van der Waals surface area contributed by atoms with Crippen molar-refractivity contribution in [3.05, 3.63) is 156 Å². The van der Waals surface area contributed by atoms with Crippen LogP contribution in [0.15, 0.2) is 144 Å². The summed E-state index contributed by atoms with van der Waals surface area (Å²) in [5.41, 5.74) is 3.28. The van der Waals surface area contributed by atoms with E-state index in [-0.39, 0.29) is 11.6 Å². The zero-order valence-electron chi connectivity index (χ0n) is 25.2. The maximum atomic E-state index is 13.6. The third kappa shape index (κ3) is 8.27.